The third kappa shape index (κ3) is 5.63. The fourth-order valence-electron chi connectivity index (χ4n) is 1.99. The lowest BCUT2D eigenvalue weighted by atomic mass is 10.1. The summed E-state index contributed by atoms with van der Waals surface area (Å²) >= 11 is 0. The number of benzene rings is 1. The van der Waals surface area contributed by atoms with Crippen LogP contribution >= 0.6 is 0 Å². The lowest BCUT2D eigenvalue weighted by Gasteiger charge is -2.23. The van der Waals surface area contributed by atoms with Gasteiger partial charge in [-0.05, 0) is 58.4 Å². The first kappa shape index (κ1) is 17.3. The first-order valence-corrected chi connectivity index (χ1v) is 7.23. The molecule has 0 aliphatic rings. The van der Waals surface area contributed by atoms with Gasteiger partial charge in [0.2, 0.25) is 0 Å². The molecule has 0 aliphatic heterocycles. The Morgan fingerprint density at radius 3 is 2.52 bits per heavy atom. The smallest absolute Gasteiger partial charge is 0.412 e. The Bertz CT molecular complexity index is 481. The van der Waals surface area contributed by atoms with Crippen LogP contribution in [0.5, 0.6) is 0 Å². The standard InChI is InChI=1S/C16H26N2O3/c1-6-18(9-10-19)13-7-8-14(12(2)11-13)17-15(20)21-16(3,4)5/h7-8,11,19H,6,9-10H2,1-5H3,(H,17,20). The second kappa shape index (κ2) is 7.31. The fraction of sp³-hybridized carbons (Fsp3) is 0.562. The average Bonchev–Trinajstić information content (AvgIpc) is 2.36. The first-order valence-electron chi connectivity index (χ1n) is 7.23. The van der Waals surface area contributed by atoms with E-state index < -0.39 is 11.7 Å². The summed E-state index contributed by atoms with van der Waals surface area (Å²) in [5.41, 5.74) is 2.19. The maximum absolute atomic E-state index is 11.8. The SMILES string of the molecule is CCN(CCO)c1ccc(NC(=O)OC(C)(C)C)c(C)c1. The summed E-state index contributed by atoms with van der Waals surface area (Å²) in [5.74, 6) is 0. The van der Waals surface area contributed by atoms with E-state index in [2.05, 4.69) is 10.2 Å². The number of rotatable bonds is 5. The van der Waals surface area contributed by atoms with E-state index in [1.54, 1.807) is 0 Å². The van der Waals surface area contributed by atoms with Crippen LogP contribution in [0, 0.1) is 6.92 Å². The Labute approximate surface area is 126 Å². The van der Waals surface area contributed by atoms with E-state index in [-0.39, 0.29) is 6.61 Å². The number of ether oxygens (including phenoxy) is 1. The normalized spacial score (nSPS) is 11.1. The van der Waals surface area contributed by atoms with Crippen molar-refractivity contribution in [3.63, 3.8) is 0 Å². The van der Waals surface area contributed by atoms with Crippen LogP contribution in [-0.4, -0.2) is 36.5 Å². The Morgan fingerprint density at radius 2 is 2.05 bits per heavy atom. The quantitative estimate of drug-likeness (QED) is 0.875. The van der Waals surface area contributed by atoms with Crippen molar-refractivity contribution in [3.8, 4) is 0 Å². The van der Waals surface area contributed by atoms with E-state index in [1.165, 1.54) is 0 Å². The van der Waals surface area contributed by atoms with Crippen LogP contribution in [0.3, 0.4) is 0 Å². The minimum Gasteiger partial charge on any atom is -0.444 e. The summed E-state index contributed by atoms with van der Waals surface area (Å²) in [6.45, 7) is 11.0. The second-order valence-corrected chi connectivity index (χ2v) is 5.93. The van der Waals surface area contributed by atoms with Crippen molar-refractivity contribution in [1.82, 2.24) is 0 Å². The number of aliphatic hydroxyl groups is 1. The largest absolute Gasteiger partial charge is 0.444 e. The van der Waals surface area contributed by atoms with Crippen molar-refractivity contribution in [2.45, 2.75) is 40.2 Å². The summed E-state index contributed by atoms with van der Waals surface area (Å²) < 4.78 is 5.24. The summed E-state index contributed by atoms with van der Waals surface area (Å²) in [6.07, 6.45) is -0.457. The van der Waals surface area contributed by atoms with Crippen LogP contribution in [0.4, 0.5) is 16.2 Å². The molecule has 1 rings (SSSR count). The number of hydrogen-bond acceptors (Lipinski definition) is 4. The highest BCUT2D eigenvalue weighted by molar-refractivity contribution is 5.86. The number of nitrogens with zero attached hydrogens (tertiary/aromatic N) is 1. The van der Waals surface area contributed by atoms with Gasteiger partial charge in [-0.15, -0.1) is 0 Å². The molecular formula is C16H26N2O3. The third-order valence-corrected chi connectivity index (χ3v) is 2.96. The van der Waals surface area contributed by atoms with Gasteiger partial charge in [0.25, 0.3) is 0 Å². The maximum Gasteiger partial charge on any atom is 0.412 e. The molecule has 5 heteroatoms. The van der Waals surface area contributed by atoms with Crippen molar-refractivity contribution < 1.29 is 14.6 Å². The van der Waals surface area contributed by atoms with Crippen molar-refractivity contribution in [2.24, 2.45) is 0 Å². The van der Waals surface area contributed by atoms with Crippen LogP contribution in [0.15, 0.2) is 18.2 Å². The van der Waals surface area contributed by atoms with Gasteiger partial charge in [-0.2, -0.15) is 0 Å². The molecule has 0 atom stereocenters. The van der Waals surface area contributed by atoms with Gasteiger partial charge >= 0.3 is 6.09 Å². The zero-order valence-corrected chi connectivity index (χ0v) is 13.6. The number of amides is 1. The fourth-order valence-corrected chi connectivity index (χ4v) is 1.99. The predicted molar refractivity (Wildman–Crippen MR) is 86.0 cm³/mol. The van der Waals surface area contributed by atoms with Crippen molar-refractivity contribution >= 4 is 17.5 Å². The number of aryl methyl sites for hydroxylation is 1. The van der Waals surface area contributed by atoms with Gasteiger partial charge in [0.05, 0.1) is 6.61 Å². The summed E-state index contributed by atoms with van der Waals surface area (Å²) in [5, 5.41) is 11.8. The van der Waals surface area contributed by atoms with E-state index in [0.717, 1.165) is 23.5 Å². The number of hydrogen-bond donors (Lipinski definition) is 2. The molecular weight excluding hydrogens is 268 g/mol. The molecule has 0 aliphatic carbocycles. The second-order valence-electron chi connectivity index (χ2n) is 5.93. The lowest BCUT2D eigenvalue weighted by Crippen LogP contribution is -2.28. The zero-order valence-electron chi connectivity index (χ0n) is 13.6. The molecule has 0 unspecified atom stereocenters. The Balaban J connectivity index is 2.81. The monoisotopic (exact) mass is 294 g/mol. The van der Waals surface area contributed by atoms with Crippen LogP contribution in [-0.2, 0) is 4.74 Å². The van der Waals surface area contributed by atoms with E-state index in [4.69, 9.17) is 9.84 Å². The summed E-state index contributed by atoms with van der Waals surface area (Å²) in [4.78, 5) is 13.9. The first-order chi connectivity index (χ1) is 9.76. The van der Waals surface area contributed by atoms with Gasteiger partial charge in [-0.25, -0.2) is 4.79 Å². The van der Waals surface area contributed by atoms with Gasteiger partial charge in [0.1, 0.15) is 5.60 Å². The van der Waals surface area contributed by atoms with E-state index in [0.29, 0.717) is 6.54 Å². The average molecular weight is 294 g/mol. The molecule has 1 aromatic rings. The Morgan fingerprint density at radius 1 is 1.38 bits per heavy atom. The molecule has 0 aromatic heterocycles. The van der Waals surface area contributed by atoms with Crippen molar-refractivity contribution in [2.75, 3.05) is 29.9 Å². The van der Waals surface area contributed by atoms with E-state index >= 15 is 0 Å². The number of likely N-dealkylation sites (N-methyl/N-ethyl adjacent to an activating group) is 1. The van der Waals surface area contributed by atoms with Crippen molar-refractivity contribution in [3.05, 3.63) is 23.8 Å². The highest BCUT2D eigenvalue weighted by atomic mass is 16.6. The Hall–Kier alpha value is -1.75. The van der Waals surface area contributed by atoms with Gasteiger partial charge < -0.3 is 14.7 Å². The molecule has 0 heterocycles. The molecule has 0 radical (unpaired) electrons. The van der Waals surface area contributed by atoms with Gasteiger partial charge in [-0.1, -0.05) is 0 Å². The zero-order chi connectivity index (χ0) is 16.0. The minimum absolute atomic E-state index is 0.116. The summed E-state index contributed by atoms with van der Waals surface area (Å²) in [6, 6.07) is 5.78. The molecule has 0 saturated heterocycles. The number of aliphatic hydroxyl groups excluding tert-OH is 1. The Kier molecular flexibility index (Phi) is 6.03. The molecule has 118 valence electrons. The third-order valence-electron chi connectivity index (χ3n) is 2.96. The van der Waals surface area contributed by atoms with E-state index in [9.17, 15) is 4.79 Å². The van der Waals surface area contributed by atoms with Crippen LogP contribution < -0.4 is 10.2 Å². The minimum atomic E-state index is -0.516. The molecule has 2 N–H and O–H groups in total. The molecule has 0 bridgehead atoms. The molecule has 0 fully saturated rings. The number of carbonyl (C=O) groups is 1. The summed E-state index contributed by atoms with van der Waals surface area (Å²) in [7, 11) is 0. The van der Waals surface area contributed by atoms with Gasteiger partial charge in [0.15, 0.2) is 0 Å². The van der Waals surface area contributed by atoms with Crippen LogP contribution in [0.1, 0.15) is 33.3 Å². The highest BCUT2D eigenvalue weighted by Crippen LogP contribution is 2.23. The molecule has 0 saturated carbocycles. The number of anilines is 2. The number of nitrogens with one attached hydrogen (secondary N) is 1. The number of carbonyl (C=O) groups excluding carboxylic acids is 1. The predicted octanol–water partition coefficient (Wildman–Crippen LogP) is 3.16. The molecule has 0 spiro atoms. The maximum atomic E-state index is 11.8. The molecule has 1 amide bonds. The molecule has 5 nitrogen and oxygen atoms in total. The molecule has 21 heavy (non-hydrogen) atoms. The molecule has 1 aromatic carbocycles. The highest BCUT2D eigenvalue weighted by Gasteiger charge is 2.17. The van der Waals surface area contributed by atoms with Crippen LogP contribution in [0.2, 0.25) is 0 Å². The van der Waals surface area contributed by atoms with Gasteiger partial charge in [-0.3, -0.25) is 5.32 Å². The lowest BCUT2D eigenvalue weighted by molar-refractivity contribution is 0.0636. The van der Waals surface area contributed by atoms with Gasteiger partial charge in [0, 0.05) is 24.5 Å². The van der Waals surface area contributed by atoms with Crippen LogP contribution in [0.25, 0.3) is 0 Å². The van der Waals surface area contributed by atoms with E-state index in [1.807, 2.05) is 52.8 Å². The van der Waals surface area contributed by atoms with Crippen molar-refractivity contribution in [1.29, 1.82) is 0 Å². The topological polar surface area (TPSA) is 61.8 Å².